The number of H-pyrrole nitrogens is 1. The third kappa shape index (κ3) is 11.8. The van der Waals surface area contributed by atoms with Crippen molar-refractivity contribution in [1.82, 2.24) is 29.3 Å². The number of carboxylic acid groups (broad SMARTS) is 2. The van der Waals surface area contributed by atoms with Gasteiger partial charge in [0.25, 0.3) is 0 Å². The van der Waals surface area contributed by atoms with E-state index in [1.54, 1.807) is 18.2 Å². The van der Waals surface area contributed by atoms with E-state index in [1.165, 1.54) is 15.9 Å². The van der Waals surface area contributed by atoms with Crippen molar-refractivity contribution in [3.8, 4) is 11.8 Å². The lowest BCUT2D eigenvalue weighted by Crippen LogP contribution is -2.45. The lowest BCUT2D eigenvalue weighted by Gasteiger charge is -2.29. The number of rotatable bonds is 16. The zero-order chi connectivity index (χ0) is 36.2. The number of ether oxygens (including phenoxy) is 1. The van der Waals surface area contributed by atoms with Crippen LogP contribution < -0.4 is 15.7 Å². The molecule has 1 amide bonds. The number of nitrogens with zero attached hydrogens (tertiary/aromatic N) is 5. The Labute approximate surface area is 286 Å². The van der Waals surface area contributed by atoms with Crippen molar-refractivity contribution in [2.75, 3.05) is 97.1 Å². The van der Waals surface area contributed by atoms with Gasteiger partial charge in [-0.05, 0) is 30.7 Å². The van der Waals surface area contributed by atoms with Crippen LogP contribution in [0.25, 0.3) is 10.9 Å². The van der Waals surface area contributed by atoms with E-state index in [9.17, 15) is 44.4 Å². The Hall–Kier alpha value is -5.01. The zero-order valence-electron chi connectivity index (χ0n) is 27.7. The van der Waals surface area contributed by atoms with Crippen LogP contribution in [0, 0.1) is 6.92 Å². The van der Waals surface area contributed by atoms with Crippen molar-refractivity contribution < 1.29 is 49.2 Å². The molecule has 0 saturated carbocycles. The number of carbonyl (C=O) groups excluding carboxylic acids is 2. The van der Waals surface area contributed by atoms with Crippen LogP contribution in [0.2, 0.25) is 0 Å². The molecule has 2 aromatic heterocycles. The molecular weight excluding hydrogens is 658 g/mol. The smallest absolute Gasteiger partial charge is 0.347 e. The molecule has 0 unspecified atom stereocenters. The van der Waals surface area contributed by atoms with Crippen molar-refractivity contribution >= 4 is 40.4 Å². The fourth-order valence-electron chi connectivity index (χ4n) is 5.56. The second-order valence-electron chi connectivity index (χ2n) is 11.9. The van der Waals surface area contributed by atoms with Gasteiger partial charge in [0, 0.05) is 81.6 Å². The number of hydrogen-bond acceptors (Lipinski definition) is 13. The van der Waals surface area contributed by atoms with Gasteiger partial charge in [-0.15, -0.1) is 4.73 Å². The van der Waals surface area contributed by atoms with Gasteiger partial charge in [-0.3, -0.25) is 38.8 Å². The Morgan fingerprint density at radius 1 is 0.840 bits per heavy atom. The number of carboxylic acids is 2. The minimum atomic E-state index is -1.15. The normalized spacial score (nSPS) is 14.7. The SMILES string of the molecule is Cc1cc(NC(=O)CN(CCN2CCOCCN(CCN(CC(=O)O)CC(=O)On3c(O)ccc3O)CC2)CC(=O)O)cc2[nH]c(=O)ccc12. The van der Waals surface area contributed by atoms with Gasteiger partial charge >= 0.3 is 17.9 Å². The van der Waals surface area contributed by atoms with Gasteiger partial charge in [0.15, 0.2) is 0 Å². The van der Waals surface area contributed by atoms with E-state index in [0.29, 0.717) is 68.4 Å². The maximum absolute atomic E-state index is 13.0. The number of aryl methyl sites for hydroxylation is 1. The first-order valence-corrected chi connectivity index (χ1v) is 16.0. The van der Waals surface area contributed by atoms with Crippen molar-refractivity contribution in [1.29, 1.82) is 0 Å². The van der Waals surface area contributed by atoms with Crippen LogP contribution in [0.15, 0.2) is 41.2 Å². The summed E-state index contributed by atoms with van der Waals surface area (Å²) in [5.74, 6) is -4.49. The van der Waals surface area contributed by atoms with E-state index in [-0.39, 0.29) is 31.7 Å². The van der Waals surface area contributed by atoms with E-state index in [2.05, 4.69) is 20.1 Å². The van der Waals surface area contributed by atoms with Crippen LogP contribution in [0.5, 0.6) is 11.8 Å². The largest absolute Gasteiger partial charge is 0.492 e. The maximum atomic E-state index is 13.0. The van der Waals surface area contributed by atoms with Gasteiger partial charge < -0.3 is 40.3 Å². The molecule has 1 aromatic carbocycles. The Morgan fingerprint density at radius 2 is 1.42 bits per heavy atom. The van der Waals surface area contributed by atoms with Crippen LogP contribution in [-0.4, -0.2) is 165 Å². The summed E-state index contributed by atoms with van der Waals surface area (Å²) >= 11 is 0. The van der Waals surface area contributed by atoms with Crippen LogP contribution in [0.3, 0.4) is 0 Å². The Bertz CT molecular complexity index is 1690. The highest BCUT2D eigenvalue weighted by atomic mass is 16.7. The van der Waals surface area contributed by atoms with E-state index in [1.807, 2.05) is 6.92 Å². The number of aromatic nitrogens is 2. The van der Waals surface area contributed by atoms with Crippen molar-refractivity contribution in [2.45, 2.75) is 6.92 Å². The zero-order valence-corrected chi connectivity index (χ0v) is 27.7. The molecule has 1 fully saturated rings. The van der Waals surface area contributed by atoms with Crippen LogP contribution >= 0.6 is 0 Å². The topological polar surface area (TPSA) is 230 Å². The summed E-state index contributed by atoms with van der Waals surface area (Å²) in [5.41, 5.74) is 1.64. The van der Waals surface area contributed by atoms with Crippen molar-refractivity contribution in [3.05, 3.63) is 52.3 Å². The first-order valence-electron chi connectivity index (χ1n) is 16.0. The van der Waals surface area contributed by atoms with Crippen LogP contribution in [-0.2, 0) is 23.9 Å². The number of benzene rings is 1. The molecule has 0 spiro atoms. The summed E-state index contributed by atoms with van der Waals surface area (Å²) in [5, 5.41) is 42.0. The summed E-state index contributed by atoms with van der Waals surface area (Å²) in [6.07, 6.45) is 0. The summed E-state index contributed by atoms with van der Waals surface area (Å²) in [4.78, 5) is 75.1. The van der Waals surface area contributed by atoms with Crippen LogP contribution in [0.1, 0.15) is 5.56 Å². The first kappa shape index (κ1) is 37.8. The number of fused-ring (bicyclic) bond motifs is 1. The number of anilines is 1. The molecular formula is C32H43N7O11. The average Bonchev–Trinajstić information content (AvgIpc) is 3.40. The Kier molecular flexibility index (Phi) is 13.7. The second kappa shape index (κ2) is 18.1. The minimum absolute atomic E-state index is 0.170. The molecule has 0 bridgehead atoms. The minimum Gasteiger partial charge on any atom is -0.492 e. The highest BCUT2D eigenvalue weighted by molar-refractivity contribution is 5.95. The number of carbonyl (C=O) groups is 4. The fraction of sp³-hybridized carbons (Fsp3) is 0.469. The molecule has 0 radical (unpaired) electrons. The monoisotopic (exact) mass is 701 g/mol. The van der Waals surface area contributed by atoms with E-state index >= 15 is 0 Å². The Balaban J connectivity index is 1.30. The molecule has 1 aliphatic heterocycles. The first-order chi connectivity index (χ1) is 23.9. The highest BCUT2D eigenvalue weighted by Gasteiger charge is 2.21. The van der Waals surface area contributed by atoms with Crippen molar-refractivity contribution in [2.24, 2.45) is 0 Å². The molecule has 0 aliphatic carbocycles. The summed E-state index contributed by atoms with van der Waals surface area (Å²) < 4.78 is 6.31. The molecule has 1 saturated heterocycles. The lowest BCUT2D eigenvalue weighted by molar-refractivity contribution is -0.148. The third-order valence-electron chi connectivity index (χ3n) is 8.06. The van der Waals surface area contributed by atoms with Gasteiger partial charge in [0.1, 0.15) is 6.54 Å². The summed E-state index contributed by atoms with van der Waals surface area (Å²) in [6, 6.07) is 8.84. The van der Waals surface area contributed by atoms with Gasteiger partial charge in [0.05, 0.1) is 38.4 Å². The molecule has 50 heavy (non-hydrogen) atoms. The van der Waals surface area contributed by atoms with Crippen LogP contribution in [0.4, 0.5) is 5.69 Å². The predicted octanol–water partition coefficient (Wildman–Crippen LogP) is -0.949. The Morgan fingerprint density at radius 3 is 2.00 bits per heavy atom. The molecule has 3 aromatic rings. The third-order valence-corrected chi connectivity index (χ3v) is 8.06. The van der Waals surface area contributed by atoms with E-state index in [4.69, 9.17) is 9.57 Å². The predicted molar refractivity (Wildman–Crippen MR) is 179 cm³/mol. The summed E-state index contributed by atoms with van der Waals surface area (Å²) in [7, 11) is 0. The quantitative estimate of drug-likeness (QED) is 0.106. The highest BCUT2D eigenvalue weighted by Crippen LogP contribution is 2.21. The number of pyridine rings is 1. The van der Waals surface area contributed by atoms with Gasteiger partial charge in [-0.1, -0.05) is 0 Å². The molecule has 3 heterocycles. The number of aliphatic carboxylic acids is 2. The maximum Gasteiger partial charge on any atom is 0.347 e. The molecule has 6 N–H and O–H groups in total. The summed E-state index contributed by atoms with van der Waals surface area (Å²) in [6.45, 7) is 4.95. The number of hydrogen-bond donors (Lipinski definition) is 6. The number of aromatic hydroxyl groups is 2. The van der Waals surface area contributed by atoms with Crippen molar-refractivity contribution in [3.63, 3.8) is 0 Å². The molecule has 18 heteroatoms. The van der Waals surface area contributed by atoms with Gasteiger partial charge in [-0.2, -0.15) is 0 Å². The fourth-order valence-corrected chi connectivity index (χ4v) is 5.56. The molecule has 272 valence electrons. The molecule has 4 rings (SSSR count). The molecule has 1 aliphatic rings. The molecule has 18 nitrogen and oxygen atoms in total. The van der Waals surface area contributed by atoms with Gasteiger partial charge in [-0.25, -0.2) is 4.79 Å². The number of aromatic amines is 1. The van der Waals surface area contributed by atoms with E-state index in [0.717, 1.165) is 23.1 Å². The number of nitrogens with one attached hydrogen (secondary N) is 2. The number of amides is 1. The second-order valence-corrected chi connectivity index (χ2v) is 11.9. The van der Waals surface area contributed by atoms with Gasteiger partial charge in [0.2, 0.25) is 23.2 Å². The molecule has 0 atom stereocenters. The average molecular weight is 702 g/mol. The van der Waals surface area contributed by atoms with E-state index < -0.39 is 48.7 Å². The standard InChI is InChI=1S/C32H43N7O11/c1-22-16-23(17-25-24(22)2-3-26(40)34-25)33-27(41)18-37(19-30(44)45)10-8-35-6-7-36(13-15-49-14-12-35)9-11-38(20-31(46)47)21-32(48)50-39-28(42)4-5-29(39)43/h2-5,16-17,42-43H,6-15,18-21H2,1H3,(H,33,41)(H,34,40)(H,44,45)(H,46,47). The lowest BCUT2D eigenvalue weighted by atomic mass is 10.1.